The molecule has 0 aromatic heterocycles. The summed E-state index contributed by atoms with van der Waals surface area (Å²) in [5, 5.41) is 0. The van der Waals surface area contributed by atoms with Crippen molar-refractivity contribution in [3.05, 3.63) is 30.1 Å². The molecular formula is C6H5FNY+2. The number of benzene rings is 1. The maximum Gasteiger partial charge on any atom is 3.00 e. The minimum Gasteiger partial charge on any atom is -0.417 e. The summed E-state index contributed by atoms with van der Waals surface area (Å²) in [6.45, 7) is 0. The molecule has 3 heteroatoms. The molecule has 0 heterocycles. The zero-order chi connectivity index (χ0) is 5.98. The molecule has 1 aromatic carbocycles. The van der Waals surface area contributed by atoms with Crippen LogP contribution in [0.3, 0.4) is 0 Å². The van der Waals surface area contributed by atoms with Gasteiger partial charge in [-0.1, -0.05) is 0 Å². The zero-order valence-electron chi connectivity index (χ0n) is 4.76. The van der Waals surface area contributed by atoms with Crippen LogP contribution in [-0.2, 0) is 32.7 Å². The van der Waals surface area contributed by atoms with Crippen molar-refractivity contribution in [2.45, 2.75) is 0 Å². The van der Waals surface area contributed by atoms with E-state index in [-0.39, 0.29) is 38.4 Å². The molecule has 0 fully saturated rings. The molecule has 0 bridgehead atoms. The summed E-state index contributed by atoms with van der Waals surface area (Å²) in [5.74, 6) is -0.410. The first-order valence-electron chi connectivity index (χ1n) is 2.22. The van der Waals surface area contributed by atoms with Gasteiger partial charge in [0, 0.05) is 5.82 Å². The van der Waals surface area contributed by atoms with Crippen molar-refractivity contribution in [1.82, 2.24) is 0 Å². The normalized spacial score (nSPS) is 8.11. The molecule has 0 amide bonds. The van der Waals surface area contributed by atoms with E-state index in [2.05, 4.69) is 6.07 Å². The fourth-order valence-electron chi connectivity index (χ4n) is 0.422. The topological polar surface area (TPSA) is 26.0 Å². The molecule has 0 atom stereocenters. The number of hydrogen-bond donors (Lipinski definition) is 1. The number of nitrogen functional groups attached to an aromatic ring is 1. The van der Waals surface area contributed by atoms with E-state index in [0.717, 1.165) is 0 Å². The second kappa shape index (κ2) is 3.96. The number of hydrogen-bond acceptors (Lipinski definition) is 1. The Morgan fingerprint density at radius 3 is 2.56 bits per heavy atom. The maximum atomic E-state index is 12.2. The Labute approximate surface area is 78.3 Å². The Bertz CT molecular complexity index is 169. The third-order valence-corrected chi connectivity index (χ3v) is 0.845. The first-order chi connectivity index (χ1) is 3.80. The van der Waals surface area contributed by atoms with Crippen molar-refractivity contribution in [3.8, 4) is 0 Å². The van der Waals surface area contributed by atoms with Crippen LogP contribution in [0.5, 0.6) is 0 Å². The van der Waals surface area contributed by atoms with Gasteiger partial charge < -0.3 is 5.73 Å². The van der Waals surface area contributed by atoms with Gasteiger partial charge in [0.15, 0.2) is 0 Å². The SMILES string of the molecule is Nc1cc[c-]cc1F.[Y+3]. The first kappa shape index (κ1) is 9.05. The van der Waals surface area contributed by atoms with E-state index in [1.54, 1.807) is 6.07 Å². The van der Waals surface area contributed by atoms with Gasteiger partial charge in [0.05, 0.1) is 0 Å². The molecule has 42 valence electrons. The summed E-state index contributed by atoms with van der Waals surface area (Å²) in [4.78, 5) is 0. The van der Waals surface area contributed by atoms with E-state index >= 15 is 0 Å². The van der Waals surface area contributed by atoms with Gasteiger partial charge in [-0.25, -0.2) is 0 Å². The Morgan fingerprint density at radius 1 is 1.56 bits per heavy atom. The summed E-state index contributed by atoms with van der Waals surface area (Å²) in [5.41, 5.74) is 5.29. The molecule has 0 unspecified atom stereocenters. The van der Waals surface area contributed by atoms with Gasteiger partial charge in [0.1, 0.15) is 0 Å². The van der Waals surface area contributed by atoms with Gasteiger partial charge in [0.25, 0.3) is 0 Å². The second-order valence-electron chi connectivity index (χ2n) is 1.45. The van der Waals surface area contributed by atoms with Crippen LogP contribution >= 0.6 is 0 Å². The fourth-order valence-corrected chi connectivity index (χ4v) is 0.422. The predicted molar refractivity (Wildman–Crippen MR) is 29.6 cm³/mol. The molecule has 1 rings (SSSR count). The van der Waals surface area contributed by atoms with Crippen LogP contribution in [0.1, 0.15) is 0 Å². The number of rotatable bonds is 0. The number of anilines is 1. The van der Waals surface area contributed by atoms with Gasteiger partial charge in [0.2, 0.25) is 0 Å². The van der Waals surface area contributed by atoms with E-state index < -0.39 is 5.82 Å². The average molecular weight is 199 g/mol. The van der Waals surface area contributed by atoms with Crippen molar-refractivity contribution < 1.29 is 37.1 Å². The van der Waals surface area contributed by atoms with E-state index in [4.69, 9.17) is 5.73 Å². The molecule has 0 saturated carbocycles. The molecule has 1 nitrogen and oxygen atoms in total. The molecule has 0 aliphatic carbocycles. The molecule has 2 N–H and O–H groups in total. The quantitative estimate of drug-likeness (QED) is 0.493. The molecule has 0 aliphatic rings. The standard InChI is InChI=1S/C6H5FN.Y/c7-5-3-1-2-4-6(5)8;/h2-4H,8H2;/q-1;+3. The van der Waals surface area contributed by atoms with Crippen molar-refractivity contribution in [2.24, 2.45) is 0 Å². The van der Waals surface area contributed by atoms with Crippen LogP contribution in [0.25, 0.3) is 0 Å². The smallest absolute Gasteiger partial charge is 0.417 e. The zero-order valence-corrected chi connectivity index (χ0v) is 7.60. The molecule has 1 aromatic rings. The first-order valence-corrected chi connectivity index (χ1v) is 2.22. The molecular weight excluding hydrogens is 194 g/mol. The van der Waals surface area contributed by atoms with E-state index in [1.807, 2.05) is 0 Å². The molecule has 0 radical (unpaired) electrons. The van der Waals surface area contributed by atoms with Gasteiger partial charge in [-0.2, -0.15) is 12.1 Å². The van der Waals surface area contributed by atoms with Gasteiger partial charge in [-0.05, 0) is 5.69 Å². The molecule has 9 heavy (non-hydrogen) atoms. The van der Waals surface area contributed by atoms with Crippen molar-refractivity contribution in [3.63, 3.8) is 0 Å². The Kier molecular flexibility index (Phi) is 3.99. The summed E-state index contributed by atoms with van der Waals surface area (Å²) in [7, 11) is 0. The summed E-state index contributed by atoms with van der Waals surface area (Å²) < 4.78 is 12.2. The summed E-state index contributed by atoms with van der Waals surface area (Å²) in [6, 6.07) is 6.79. The van der Waals surface area contributed by atoms with Gasteiger partial charge in [-0.3, -0.25) is 4.39 Å². The monoisotopic (exact) mass is 199 g/mol. The van der Waals surface area contributed by atoms with E-state index in [0.29, 0.717) is 0 Å². The van der Waals surface area contributed by atoms with Crippen molar-refractivity contribution in [1.29, 1.82) is 0 Å². The van der Waals surface area contributed by atoms with Crippen LogP contribution in [-0.4, -0.2) is 0 Å². The third-order valence-electron chi connectivity index (χ3n) is 0.845. The molecule has 0 aliphatic heterocycles. The van der Waals surface area contributed by atoms with Crippen LogP contribution in [0.4, 0.5) is 10.1 Å². The van der Waals surface area contributed by atoms with Gasteiger partial charge in [-0.15, -0.1) is 12.1 Å². The van der Waals surface area contributed by atoms with Crippen LogP contribution < -0.4 is 5.73 Å². The Hall–Kier alpha value is 0.0539. The Morgan fingerprint density at radius 2 is 2.22 bits per heavy atom. The fraction of sp³-hybridized carbons (Fsp3) is 0. The summed E-state index contributed by atoms with van der Waals surface area (Å²) >= 11 is 0. The third kappa shape index (κ3) is 2.42. The van der Waals surface area contributed by atoms with Crippen molar-refractivity contribution in [2.75, 3.05) is 5.73 Å². The summed E-state index contributed by atoms with van der Waals surface area (Å²) in [6.07, 6.45) is 0. The van der Waals surface area contributed by atoms with E-state index in [9.17, 15) is 4.39 Å². The Balaban J connectivity index is 0.000000640. The largest absolute Gasteiger partial charge is 3.00 e. The second-order valence-corrected chi connectivity index (χ2v) is 1.45. The van der Waals surface area contributed by atoms with Crippen LogP contribution in [0, 0.1) is 11.9 Å². The van der Waals surface area contributed by atoms with Gasteiger partial charge >= 0.3 is 32.7 Å². The van der Waals surface area contributed by atoms with E-state index in [1.165, 1.54) is 12.1 Å². The minimum atomic E-state index is -0.410. The van der Waals surface area contributed by atoms with Crippen molar-refractivity contribution >= 4 is 5.69 Å². The molecule has 0 saturated heterocycles. The minimum absolute atomic E-state index is 0. The average Bonchev–Trinajstić information content (AvgIpc) is 1.77. The molecule has 0 spiro atoms. The van der Waals surface area contributed by atoms with Crippen LogP contribution in [0.2, 0.25) is 0 Å². The number of nitrogens with two attached hydrogens (primary N) is 1. The maximum absolute atomic E-state index is 12.2. The predicted octanol–water partition coefficient (Wildman–Crippen LogP) is 1.21. The van der Waals surface area contributed by atoms with Crippen LogP contribution in [0.15, 0.2) is 18.2 Å². The number of halogens is 1.